The molecule has 0 bridgehead atoms. The van der Waals surface area contributed by atoms with Crippen molar-refractivity contribution in [3.05, 3.63) is 29.8 Å². The average Bonchev–Trinajstić information content (AvgIpc) is 2.35. The van der Waals surface area contributed by atoms with E-state index < -0.39 is 23.3 Å². The summed E-state index contributed by atoms with van der Waals surface area (Å²) in [5, 5.41) is 11.8. The van der Waals surface area contributed by atoms with Crippen molar-refractivity contribution < 1.29 is 19.4 Å². The standard InChI is InChI=1S/C15H21NO4/c1-5-20-11-9-7-6-8-10(11)13(17)16-12(14(18)19)15(2,3)4/h6-9,12H,5H2,1-4H3,(H,16,17)(H,18,19)/t12-/m1/s1. The molecule has 0 heterocycles. The molecule has 0 aliphatic rings. The van der Waals surface area contributed by atoms with Crippen LogP contribution in [0.2, 0.25) is 0 Å². The second-order valence-electron chi connectivity index (χ2n) is 5.54. The Morgan fingerprint density at radius 2 is 1.90 bits per heavy atom. The molecule has 0 saturated heterocycles. The molecule has 0 fully saturated rings. The second kappa shape index (κ2) is 6.41. The normalized spacial score (nSPS) is 12.6. The first-order chi connectivity index (χ1) is 9.27. The number of aliphatic carboxylic acids is 1. The van der Waals surface area contributed by atoms with E-state index in [0.717, 1.165) is 0 Å². The highest BCUT2D eigenvalue weighted by atomic mass is 16.5. The number of benzene rings is 1. The smallest absolute Gasteiger partial charge is 0.326 e. The predicted molar refractivity (Wildman–Crippen MR) is 76.0 cm³/mol. The van der Waals surface area contributed by atoms with Crippen molar-refractivity contribution in [3.63, 3.8) is 0 Å². The van der Waals surface area contributed by atoms with Gasteiger partial charge in [0, 0.05) is 0 Å². The molecule has 1 aromatic rings. The third-order valence-electron chi connectivity index (χ3n) is 2.82. The molecule has 5 heteroatoms. The lowest BCUT2D eigenvalue weighted by Gasteiger charge is -2.28. The number of ether oxygens (including phenoxy) is 1. The third kappa shape index (κ3) is 3.98. The third-order valence-corrected chi connectivity index (χ3v) is 2.82. The van der Waals surface area contributed by atoms with E-state index in [0.29, 0.717) is 17.9 Å². The van der Waals surface area contributed by atoms with Crippen molar-refractivity contribution in [1.82, 2.24) is 5.32 Å². The number of para-hydroxylation sites is 1. The highest BCUT2D eigenvalue weighted by Crippen LogP contribution is 2.22. The van der Waals surface area contributed by atoms with Gasteiger partial charge in [-0.25, -0.2) is 4.79 Å². The molecule has 20 heavy (non-hydrogen) atoms. The average molecular weight is 279 g/mol. The Balaban J connectivity index is 2.98. The van der Waals surface area contributed by atoms with Gasteiger partial charge in [-0.05, 0) is 24.5 Å². The molecule has 0 aliphatic heterocycles. The fourth-order valence-electron chi connectivity index (χ4n) is 1.79. The number of carboxylic acids is 1. The molecule has 0 saturated carbocycles. The zero-order chi connectivity index (χ0) is 15.3. The minimum absolute atomic E-state index is 0.338. The summed E-state index contributed by atoms with van der Waals surface area (Å²) in [6, 6.07) is 5.81. The van der Waals surface area contributed by atoms with E-state index in [9.17, 15) is 14.7 Å². The van der Waals surface area contributed by atoms with Crippen LogP contribution >= 0.6 is 0 Å². The lowest BCUT2D eigenvalue weighted by molar-refractivity contribution is -0.142. The Hall–Kier alpha value is -2.04. The van der Waals surface area contributed by atoms with Crippen LogP contribution in [0.5, 0.6) is 5.75 Å². The van der Waals surface area contributed by atoms with Crippen molar-refractivity contribution in [3.8, 4) is 5.75 Å². The first-order valence-corrected chi connectivity index (χ1v) is 6.53. The van der Waals surface area contributed by atoms with Gasteiger partial charge >= 0.3 is 5.97 Å². The maximum absolute atomic E-state index is 12.2. The second-order valence-corrected chi connectivity index (χ2v) is 5.54. The van der Waals surface area contributed by atoms with E-state index >= 15 is 0 Å². The number of hydrogen-bond acceptors (Lipinski definition) is 3. The number of carbonyl (C=O) groups is 2. The molecular formula is C15H21NO4. The maximum Gasteiger partial charge on any atom is 0.326 e. The van der Waals surface area contributed by atoms with E-state index in [1.807, 2.05) is 6.92 Å². The molecule has 0 spiro atoms. The van der Waals surface area contributed by atoms with Gasteiger partial charge in [-0.15, -0.1) is 0 Å². The zero-order valence-electron chi connectivity index (χ0n) is 12.3. The van der Waals surface area contributed by atoms with Crippen LogP contribution in [0.15, 0.2) is 24.3 Å². The molecule has 0 radical (unpaired) electrons. The number of carboxylic acid groups (broad SMARTS) is 1. The Morgan fingerprint density at radius 1 is 1.30 bits per heavy atom. The summed E-state index contributed by atoms with van der Waals surface area (Å²) < 4.78 is 5.38. The Labute approximate surface area is 118 Å². The van der Waals surface area contributed by atoms with E-state index in [4.69, 9.17) is 4.74 Å². The Morgan fingerprint density at radius 3 is 2.40 bits per heavy atom. The monoisotopic (exact) mass is 279 g/mol. The summed E-state index contributed by atoms with van der Waals surface area (Å²) in [5.41, 5.74) is -0.243. The number of carbonyl (C=O) groups excluding carboxylic acids is 1. The van der Waals surface area contributed by atoms with Gasteiger partial charge < -0.3 is 15.2 Å². The van der Waals surface area contributed by atoms with Crippen LogP contribution in [0.1, 0.15) is 38.1 Å². The quantitative estimate of drug-likeness (QED) is 0.867. The largest absolute Gasteiger partial charge is 0.493 e. The predicted octanol–water partition coefficient (Wildman–Crippen LogP) is 2.31. The summed E-state index contributed by atoms with van der Waals surface area (Å²) in [4.78, 5) is 23.5. The molecular weight excluding hydrogens is 258 g/mol. The lowest BCUT2D eigenvalue weighted by Crippen LogP contribution is -2.49. The molecule has 110 valence electrons. The minimum Gasteiger partial charge on any atom is -0.493 e. The van der Waals surface area contributed by atoms with E-state index in [1.165, 1.54) is 0 Å². The van der Waals surface area contributed by atoms with Gasteiger partial charge in [-0.2, -0.15) is 0 Å². The molecule has 1 atom stereocenters. The van der Waals surface area contributed by atoms with Crippen molar-refractivity contribution in [2.75, 3.05) is 6.61 Å². The fraction of sp³-hybridized carbons (Fsp3) is 0.467. The van der Waals surface area contributed by atoms with Crippen LogP contribution < -0.4 is 10.1 Å². The van der Waals surface area contributed by atoms with Crippen LogP contribution in [0, 0.1) is 5.41 Å². The molecule has 5 nitrogen and oxygen atoms in total. The van der Waals surface area contributed by atoms with Crippen molar-refractivity contribution in [2.45, 2.75) is 33.7 Å². The van der Waals surface area contributed by atoms with Gasteiger partial charge in [0.25, 0.3) is 5.91 Å². The number of amides is 1. The lowest BCUT2D eigenvalue weighted by atomic mass is 9.86. The zero-order valence-corrected chi connectivity index (χ0v) is 12.3. The van der Waals surface area contributed by atoms with Gasteiger partial charge in [0.2, 0.25) is 0 Å². The molecule has 1 rings (SSSR count). The van der Waals surface area contributed by atoms with Crippen molar-refractivity contribution >= 4 is 11.9 Å². The Bertz CT molecular complexity index is 491. The van der Waals surface area contributed by atoms with Gasteiger partial charge in [0.1, 0.15) is 11.8 Å². The molecule has 2 N–H and O–H groups in total. The topological polar surface area (TPSA) is 75.6 Å². The molecule has 0 aliphatic carbocycles. The summed E-state index contributed by atoms with van der Waals surface area (Å²) in [6.07, 6.45) is 0. The number of nitrogens with one attached hydrogen (secondary N) is 1. The van der Waals surface area contributed by atoms with Crippen LogP contribution in [0.3, 0.4) is 0 Å². The van der Waals surface area contributed by atoms with E-state index in [-0.39, 0.29) is 0 Å². The summed E-state index contributed by atoms with van der Waals surface area (Å²) in [6.45, 7) is 7.55. The summed E-state index contributed by atoms with van der Waals surface area (Å²) in [5.74, 6) is -1.05. The van der Waals surface area contributed by atoms with Gasteiger partial charge in [0.05, 0.1) is 12.2 Å². The van der Waals surface area contributed by atoms with Gasteiger partial charge in [0.15, 0.2) is 0 Å². The Kier molecular flexibility index (Phi) is 5.13. The molecule has 1 aromatic carbocycles. The molecule has 1 amide bonds. The summed E-state index contributed by atoms with van der Waals surface area (Å²) in [7, 11) is 0. The van der Waals surface area contributed by atoms with Crippen molar-refractivity contribution in [1.29, 1.82) is 0 Å². The van der Waals surface area contributed by atoms with E-state index in [2.05, 4.69) is 5.32 Å². The first-order valence-electron chi connectivity index (χ1n) is 6.53. The van der Waals surface area contributed by atoms with E-state index in [1.54, 1.807) is 45.0 Å². The minimum atomic E-state index is -1.06. The summed E-state index contributed by atoms with van der Waals surface area (Å²) >= 11 is 0. The van der Waals surface area contributed by atoms with Crippen molar-refractivity contribution in [2.24, 2.45) is 5.41 Å². The number of rotatable bonds is 5. The number of hydrogen-bond donors (Lipinski definition) is 2. The van der Waals surface area contributed by atoms with Crippen LogP contribution in [-0.4, -0.2) is 29.6 Å². The SMILES string of the molecule is CCOc1ccccc1C(=O)N[C@H](C(=O)O)C(C)(C)C. The highest BCUT2D eigenvalue weighted by molar-refractivity contribution is 5.99. The van der Waals surface area contributed by atoms with Gasteiger partial charge in [-0.1, -0.05) is 32.9 Å². The van der Waals surface area contributed by atoms with Crippen LogP contribution in [0.25, 0.3) is 0 Å². The first kappa shape index (κ1) is 16.0. The maximum atomic E-state index is 12.2. The highest BCUT2D eigenvalue weighted by Gasteiger charge is 2.33. The van der Waals surface area contributed by atoms with Gasteiger partial charge in [-0.3, -0.25) is 4.79 Å². The molecule has 0 aromatic heterocycles. The van der Waals surface area contributed by atoms with Crippen LogP contribution in [-0.2, 0) is 4.79 Å². The van der Waals surface area contributed by atoms with Crippen LogP contribution in [0.4, 0.5) is 0 Å². The molecule has 0 unspecified atom stereocenters. The fourth-order valence-corrected chi connectivity index (χ4v) is 1.79.